The van der Waals surface area contributed by atoms with Gasteiger partial charge in [-0.2, -0.15) is 0 Å². The molecule has 1 amide bonds. The fourth-order valence-electron chi connectivity index (χ4n) is 3.73. The van der Waals surface area contributed by atoms with Gasteiger partial charge in [-0.1, -0.05) is 12.1 Å². The van der Waals surface area contributed by atoms with E-state index in [1.165, 1.54) is 10.1 Å². The van der Waals surface area contributed by atoms with E-state index < -0.39 is 11.2 Å². The number of pyridine rings is 1. The van der Waals surface area contributed by atoms with Crippen LogP contribution in [-0.2, 0) is 11.3 Å². The number of H-pyrrole nitrogens is 1. The molecule has 1 N–H and O–H groups in total. The van der Waals surface area contributed by atoms with Gasteiger partial charge in [0.05, 0.1) is 10.9 Å². The van der Waals surface area contributed by atoms with E-state index in [4.69, 9.17) is 0 Å². The Morgan fingerprint density at radius 1 is 1.07 bits per heavy atom. The van der Waals surface area contributed by atoms with Gasteiger partial charge in [-0.25, -0.2) is 4.79 Å². The van der Waals surface area contributed by atoms with Gasteiger partial charge in [0.1, 0.15) is 6.54 Å². The summed E-state index contributed by atoms with van der Waals surface area (Å²) in [5.74, 6) is 0.316. The quantitative estimate of drug-likeness (QED) is 0.763. The molecule has 0 spiro atoms. The van der Waals surface area contributed by atoms with E-state index >= 15 is 0 Å². The maximum atomic E-state index is 12.8. The lowest BCUT2D eigenvalue weighted by molar-refractivity contribution is -0.132. The number of nitrogens with zero attached hydrogens (tertiary/aromatic N) is 3. The molecule has 1 aromatic carbocycles. The summed E-state index contributed by atoms with van der Waals surface area (Å²) in [6.07, 6.45) is 5.36. The summed E-state index contributed by atoms with van der Waals surface area (Å²) in [7, 11) is 0. The normalized spacial score (nSPS) is 15.2. The first kappa shape index (κ1) is 17.2. The largest absolute Gasteiger partial charge is 0.341 e. The van der Waals surface area contributed by atoms with Crippen molar-refractivity contribution in [2.24, 2.45) is 0 Å². The third-order valence-electron chi connectivity index (χ3n) is 5.22. The van der Waals surface area contributed by atoms with Gasteiger partial charge in [0.15, 0.2) is 0 Å². The van der Waals surface area contributed by atoms with Crippen LogP contribution >= 0.6 is 0 Å². The highest BCUT2D eigenvalue weighted by Crippen LogP contribution is 2.27. The molecule has 3 heterocycles. The van der Waals surface area contributed by atoms with Crippen LogP contribution in [0.2, 0.25) is 0 Å². The fraction of sp³-hybridized carbons (Fsp3) is 0.300. The number of rotatable bonds is 3. The smallest absolute Gasteiger partial charge is 0.329 e. The monoisotopic (exact) mass is 364 g/mol. The zero-order valence-corrected chi connectivity index (χ0v) is 14.8. The van der Waals surface area contributed by atoms with Crippen LogP contribution in [0.3, 0.4) is 0 Å². The van der Waals surface area contributed by atoms with E-state index in [-0.39, 0.29) is 12.5 Å². The highest BCUT2D eigenvalue weighted by molar-refractivity contribution is 5.81. The minimum atomic E-state index is -0.557. The van der Waals surface area contributed by atoms with E-state index in [1.807, 2.05) is 12.1 Å². The van der Waals surface area contributed by atoms with Crippen LogP contribution in [0.1, 0.15) is 24.3 Å². The average molecular weight is 364 g/mol. The molecular weight excluding hydrogens is 344 g/mol. The molecule has 1 aliphatic rings. The molecule has 7 nitrogen and oxygen atoms in total. The minimum absolute atomic E-state index is 0.0734. The lowest BCUT2D eigenvalue weighted by atomic mass is 9.90. The first-order valence-electron chi connectivity index (χ1n) is 9.03. The van der Waals surface area contributed by atoms with Crippen molar-refractivity contribution < 1.29 is 4.79 Å². The number of hydrogen-bond donors (Lipinski definition) is 1. The van der Waals surface area contributed by atoms with Gasteiger partial charge in [-0.15, -0.1) is 0 Å². The Labute approximate surface area is 155 Å². The predicted molar refractivity (Wildman–Crippen MR) is 102 cm³/mol. The van der Waals surface area contributed by atoms with Crippen LogP contribution in [0.5, 0.6) is 0 Å². The van der Waals surface area contributed by atoms with E-state index in [0.717, 1.165) is 12.8 Å². The van der Waals surface area contributed by atoms with E-state index in [1.54, 1.807) is 41.6 Å². The molecule has 27 heavy (non-hydrogen) atoms. The number of carbonyl (C=O) groups excluding carboxylic acids is 1. The van der Waals surface area contributed by atoms with Crippen LogP contribution in [-0.4, -0.2) is 38.4 Å². The Morgan fingerprint density at radius 2 is 1.78 bits per heavy atom. The topological polar surface area (TPSA) is 88.1 Å². The fourth-order valence-corrected chi connectivity index (χ4v) is 3.73. The zero-order valence-electron chi connectivity index (χ0n) is 14.8. The third kappa shape index (κ3) is 3.40. The Morgan fingerprint density at radius 3 is 2.52 bits per heavy atom. The first-order chi connectivity index (χ1) is 13.1. The van der Waals surface area contributed by atoms with Gasteiger partial charge in [-0.05, 0) is 48.6 Å². The molecule has 1 saturated heterocycles. The van der Waals surface area contributed by atoms with Gasteiger partial charge in [0, 0.05) is 25.5 Å². The molecule has 1 aliphatic heterocycles. The van der Waals surface area contributed by atoms with Crippen molar-refractivity contribution in [3.63, 3.8) is 0 Å². The number of aromatic nitrogens is 3. The molecule has 0 aliphatic carbocycles. The second-order valence-corrected chi connectivity index (χ2v) is 6.80. The van der Waals surface area contributed by atoms with Crippen molar-refractivity contribution in [2.45, 2.75) is 25.3 Å². The molecule has 138 valence electrons. The Hall–Kier alpha value is -3.22. The van der Waals surface area contributed by atoms with Gasteiger partial charge >= 0.3 is 5.69 Å². The standard InChI is InChI=1S/C20H20N4O3/c25-18(23-11-7-15(8-12-23)14-5-9-21-10-6-14)13-24-17-4-2-1-3-16(17)19(26)22-20(24)27/h1-6,9-10,15H,7-8,11-13H2,(H,22,26,27). The number of nitrogens with one attached hydrogen (secondary N) is 1. The van der Waals surface area contributed by atoms with Gasteiger partial charge < -0.3 is 4.90 Å². The maximum Gasteiger partial charge on any atom is 0.329 e. The SMILES string of the molecule is O=C(Cn1c(=O)[nH]c(=O)c2ccccc21)N1CCC(c2ccncc2)CC1. The second kappa shape index (κ2) is 7.19. The third-order valence-corrected chi connectivity index (χ3v) is 5.22. The number of benzene rings is 1. The number of piperidine rings is 1. The molecule has 4 rings (SSSR count). The number of para-hydroxylation sites is 1. The summed E-state index contributed by atoms with van der Waals surface area (Å²) >= 11 is 0. The van der Waals surface area contributed by atoms with Gasteiger partial charge in [0.2, 0.25) is 5.91 Å². The molecule has 2 aromatic heterocycles. The van der Waals surface area contributed by atoms with Crippen molar-refractivity contribution in [2.75, 3.05) is 13.1 Å². The highest BCUT2D eigenvalue weighted by atomic mass is 16.2. The molecule has 1 fully saturated rings. The first-order valence-corrected chi connectivity index (χ1v) is 9.03. The van der Waals surface area contributed by atoms with Crippen molar-refractivity contribution in [3.05, 3.63) is 75.2 Å². The van der Waals surface area contributed by atoms with Crippen molar-refractivity contribution in [3.8, 4) is 0 Å². The lowest BCUT2D eigenvalue weighted by Crippen LogP contribution is -2.42. The molecule has 3 aromatic rings. The Kier molecular flexibility index (Phi) is 4.58. The summed E-state index contributed by atoms with van der Waals surface area (Å²) in [6, 6.07) is 10.9. The van der Waals surface area contributed by atoms with E-state index in [2.05, 4.69) is 9.97 Å². The van der Waals surface area contributed by atoms with Crippen molar-refractivity contribution >= 4 is 16.8 Å². The number of hydrogen-bond acceptors (Lipinski definition) is 4. The molecule has 0 unspecified atom stereocenters. The predicted octanol–water partition coefficient (Wildman–Crippen LogP) is 1.49. The summed E-state index contributed by atoms with van der Waals surface area (Å²) in [5, 5.41) is 0.404. The number of aromatic amines is 1. The summed E-state index contributed by atoms with van der Waals surface area (Å²) in [6.45, 7) is 1.24. The molecule has 0 saturated carbocycles. The average Bonchev–Trinajstić information content (AvgIpc) is 2.72. The molecular formula is C20H20N4O3. The summed E-state index contributed by atoms with van der Waals surface area (Å²) in [4.78, 5) is 45.1. The van der Waals surface area contributed by atoms with E-state index in [9.17, 15) is 14.4 Å². The van der Waals surface area contributed by atoms with E-state index in [0.29, 0.717) is 29.9 Å². The van der Waals surface area contributed by atoms with Crippen molar-refractivity contribution in [1.29, 1.82) is 0 Å². The summed E-state index contributed by atoms with van der Waals surface area (Å²) in [5.41, 5.74) is 0.738. The van der Waals surface area contributed by atoms with Crippen LogP contribution < -0.4 is 11.2 Å². The maximum absolute atomic E-state index is 12.8. The van der Waals surface area contributed by atoms with Crippen LogP contribution in [0.15, 0.2) is 58.4 Å². The molecule has 0 radical (unpaired) electrons. The number of amides is 1. The lowest BCUT2D eigenvalue weighted by Gasteiger charge is -2.32. The van der Waals surface area contributed by atoms with Crippen molar-refractivity contribution in [1.82, 2.24) is 19.4 Å². The van der Waals surface area contributed by atoms with Gasteiger partial charge in [-0.3, -0.25) is 24.1 Å². The zero-order chi connectivity index (χ0) is 18.8. The summed E-state index contributed by atoms with van der Waals surface area (Å²) < 4.78 is 1.34. The number of fused-ring (bicyclic) bond motifs is 1. The minimum Gasteiger partial charge on any atom is -0.341 e. The Bertz CT molecular complexity index is 1080. The molecule has 0 atom stereocenters. The molecule has 7 heteroatoms. The van der Waals surface area contributed by atoms with Crippen LogP contribution in [0, 0.1) is 0 Å². The van der Waals surface area contributed by atoms with Crippen LogP contribution in [0.4, 0.5) is 0 Å². The van der Waals surface area contributed by atoms with Gasteiger partial charge in [0.25, 0.3) is 5.56 Å². The second-order valence-electron chi connectivity index (χ2n) is 6.80. The number of likely N-dealkylation sites (tertiary alicyclic amines) is 1. The Balaban J connectivity index is 1.50. The molecule has 0 bridgehead atoms. The van der Waals surface area contributed by atoms with Crippen LogP contribution in [0.25, 0.3) is 10.9 Å². The highest BCUT2D eigenvalue weighted by Gasteiger charge is 2.24. The number of carbonyl (C=O) groups is 1.